The molecule has 0 spiro atoms. The standard InChI is InChI=1S/C12H16N2O/c1-8(2)14-7-12(15)13-10-5-4-9(3)6-11(10)14/h4-6,8H,7H2,1-3H3,(H,13,15). The molecular weight excluding hydrogens is 188 g/mol. The highest BCUT2D eigenvalue weighted by Gasteiger charge is 2.23. The van der Waals surface area contributed by atoms with E-state index < -0.39 is 0 Å². The normalized spacial score (nSPS) is 15.2. The van der Waals surface area contributed by atoms with Crippen molar-refractivity contribution in [2.24, 2.45) is 0 Å². The summed E-state index contributed by atoms with van der Waals surface area (Å²) in [6.07, 6.45) is 0. The molecule has 80 valence electrons. The van der Waals surface area contributed by atoms with Crippen molar-refractivity contribution < 1.29 is 4.79 Å². The van der Waals surface area contributed by atoms with Gasteiger partial charge in [0.1, 0.15) is 0 Å². The van der Waals surface area contributed by atoms with Crippen LogP contribution in [0, 0.1) is 6.92 Å². The van der Waals surface area contributed by atoms with Crippen molar-refractivity contribution in [2.45, 2.75) is 26.8 Å². The Labute approximate surface area is 90.1 Å². The minimum atomic E-state index is 0.0695. The smallest absolute Gasteiger partial charge is 0.243 e. The molecule has 0 saturated heterocycles. The number of carbonyl (C=O) groups is 1. The Kier molecular flexibility index (Phi) is 2.39. The number of nitrogens with one attached hydrogen (secondary N) is 1. The number of carbonyl (C=O) groups excluding carboxylic acids is 1. The Balaban J connectivity index is 2.47. The van der Waals surface area contributed by atoms with E-state index >= 15 is 0 Å². The predicted octanol–water partition coefficient (Wildman–Crippen LogP) is 2.16. The minimum Gasteiger partial charge on any atom is -0.358 e. The fourth-order valence-electron chi connectivity index (χ4n) is 1.88. The topological polar surface area (TPSA) is 32.3 Å². The van der Waals surface area contributed by atoms with Crippen molar-refractivity contribution in [1.82, 2.24) is 0 Å². The molecule has 1 aromatic rings. The molecule has 1 aliphatic rings. The van der Waals surface area contributed by atoms with Crippen LogP contribution in [0.1, 0.15) is 19.4 Å². The maximum absolute atomic E-state index is 11.5. The second kappa shape index (κ2) is 3.57. The maximum atomic E-state index is 11.5. The van der Waals surface area contributed by atoms with Crippen LogP contribution in [0.5, 0.6) is 0 Å². The van der Waals surface area contributed by atoms with E-state index in [1.807, 2.05) is 12.1 Å². The largest absolute Gasteiger partial charge is 0.358 e. The van der Waals surface area contributed by atoms with Crippen LogP contribution in [0.15, 0.2) is 18.2 Å². The van der Waals surface area contributed by atoms with Crippen molar-refractivity contribution in [1.29, 1.82) is 0 Å². The highest BCUT2D eigenvalue weighted by molar-refractivity contribution is 6.01. The van der Waals surface area contributed by atoms with Crippen molar-refractivity contribution in [3.8, 4) is 0 Å². The molecule has 0 bridgehead atoms. The van der Waals surface area contributed by atoms with Crippen molar-refractivity contribution in [2.75, 3.05) is 16.8 Å². The van der Waals surface area contributed by atoms with E-state index in [2.05, 4.69) is 37.1 Å². The first-order chi connectivity index (χ1) is 7.08. The molecule has 1 N–H and O–H groups in total. The van der Waals surface area contributed by atoms with E-state index in [0.29, 0.717) is 12.6 Å². The van der Waals surface area contributed by atoms with Crippen molar-refractivity contribution in [3.05, 3.63) is 23.8 Å². The fourth-order valence-corrected chi connectivity index (χ4v) is 1.88. The molecule has 1 aromatic carbocycles. The van der Waals surface area contributed by atoms with E-state index in [9.17, 15) is 4.79 Å². The molecule has 0 fully saturated rings. The lowest BCUT2D eigenvalue weighted by Gasteiger charge is -2.34. The Morgan fingerprint density at radius 1 is 1.40 bits per heavy atom. The number of hydrogen-bond donors (Lipinski definition) is 1. The van der Waals surface area contributed by atoms with Crippen LogP contribution in [0.2, 0.25) is 0 Å². The van der Waals surface area contributed by atoms with Gasteiger partial charge < -0.3 is 10.2 Å². The lowest BCUT2D eigenvalue weighted by atomic mass is 10.1. The molecule has 0 unspecified atom stereocenters. The first kappa shape index (κ1) is 10.0. The SMILES string of the molecule is Cc1ccc2c(c1)N(C(C)C)CC(=O)N2. The summed E-state index contributed by atoms with van der Waals surface area (Å²) in [4.78, 5) is 13.6. The van der Waals surface area contributed by atoms with Gasteiger partial charge in [0.05, 0.1) is 17.9 Å². The average Bonchev–Trinajstić information content (AvgIpc) is 2.17. The summed E-state index contributed by atoms with van der Waals surface area (Å²) in [7, 11) is 0. The number of nitrogens with zero attached hydrogens (tertiary/aromatic N) is 1. The van der Waals surface area contributed by atoms with E-state index in [4.69, 9.17) is 0 Å². The van der Waals surface area contributed by atoms with Crippen LogP contribution < -0.4 is 10.2 Å². The number of hydrogen-bond acceptors (Lipinski definition) is 2. The van der Waals surface area contributed by atoms with Gasteiger partial charge in [0.25, 0.3) is 0 Å². The molecule has 3 nitrogen and oxygen atoms in total. The molecule has 0 atom stereocenters. The number of rotatable bonds is 1. The van der Waals surface area contributed by atoms with Gasteiger partial charge in [-0.1, -0.05) is 6.07 Å². The molecule has 0 saturated carbocycles. The fraction of sp³-hybridized carbons (Fsp3) is 0.417. The Morgan fingerprint density at radius 2 is 2.13 bits per heavy atom. The quantitative estimate of drug-likeness (QED) is 0.760. The summed E-state index contributed by atoms with van der Waals surface area (Å²) in [5, 5.41) is 2.89. The highest BCUT2D eigenvalue weighted by atomic mass is 16.2. The van der Waals surface area contributed by atoms with Gasteiger partial charge in [-0.25, -0.2) is 0 Å². The van der Waals surface area contributed by atoms with E-state index in [1.165, 1.54) is 5.56 Å². The van der Waals surface area contributed by atoms with Gasteiger partial charge in [-0.15, -0.1) is 0 Å². The molecule has 0 aliphatic carbocycles. The zero-order valence-corrected chi connectivity index (χ0v) is 9.37. The summed E-state index contributed by atoms with van der Waals surface area (Å²) in [5.74, 6) is 0.0695. The monoisotopic (exact) mass is 204 g/mol. The lowest BCUT2D eigenvalue weighted by Crippen LogP contribution is -2.42. The Bertz CT molecular complexity index is 399. The molecule has 1 heterocycles. The second-order valence-electron chi connectivity index (χ2n) is 4.29. The molecule has 1 aliphatic heterocycles. The number of aryl methyl sites for hydroxylation is 1. The number of benzene rings is 1. The summed E-state index contributed by atoms with van der Waals surface area (Å²) in [6, 6.07) is 6.45. The molecular formula is C12H16N2O. The molecule has 0 aromatic heterocycles. The minimum absolute atomic E-state index is 0.0695. The van der Waals surface area contributed by atoms with Gasteiger partial charge in [0.15, 0.2) is 0 Å². The third kappa shape index (κ3) is 1.82. The molecule has 15 heavy (non-hydrogen) atoms. The summed E-state index contributed by atoms with van der Waals surface area (Å²) in [5.41, 5.74) is 3.27. The predicted molar refractivity (Wildman–Crippen MR) is 62.3 cm³/mol. The van der Waals surface area contributed by atoms with E-state index in [-0.39, 0.29) is 5.91 Å². The van der Waals surface area contributed by atoms with Gasteiger partial charge in [-0.3, -0.25) is 4.79 Å². The molecule has 3 heteroatoms. The third-order valence-electron chi connectivity index (χ3n) is 2.67. The van der Waals surface area contributed by atoms with Crippen LogP contribution in [-0.4, -0.2) is 18.5 Å². The second-order valence-corrected chi connectivity index (χ2v) is 4.29. The van der Waals surface area contributed by atoms with Gasteiger partial charge >= 0.3 is 0 Å². The van der Waals surface area contributed by atoms with Crippen LogP contribution in [0.4, 0.5) is 11.4 Å². The zero-order valence-electron chi connectivity index (χ0n) is 9.37. The maximum Gasteiger partial charge on any atom is 0.243 e. The van der Waals surface area contributed by atoms with Crippen LogP contribution in [0.3, 0.4) is 0 Å². The van der Waals surface area contributed by atoms with Gasteiger partial charge in [-0.2, -0.15) is 0 Å². The average molecular weight is 204 g/mol. The van der Waals surface area contributed by atoms with Crippen LogP contribution in [0.25, 0.3) is 0 Å². The summed E-state index contributed by atoms with van der Waals surface area (Å²) < 4.78 is 0. The van der Waals surface area contributed by atoms with Crippen molar-refractivity contribution in [3.63, 3.8) is 0 Å². The summed E-state index contributed by atoms with van der Waals surface area (Å²) >= 11 is 0. The third-order valence-corrected chi connectivity index (χ3v) is 2.67. The van der Waals surface area contributed by atoms with E-state index in [1.54, 1.807) is 0 Å². The van der Waals surface area contributed by atoms with Crippen LogP contribution in [-0.2, 0) is 4.79 Å². The molecule has 2 rings (SSSR count). The number of fused-ring (bicyclic) bond motifs is 1. The van der Waals surface area contributed by atoms with Gasteiger partial charge in [-0.05, 0) is 38.5 Å². The van der Waals surface area contributed by atoms with Gasteiger partial charge in [0, 0.05) is 6.04 Å². The van der Waals surface area contributed by atoms with Gasteiger partial charge in [0.2, 0.25) is 5.91 Å². The zero-order chi connectivity index (χ0) is 11.0. The Morgan fingerprint density at radius 3 is 2.80 bits per heavy atom. The number of amides is 1. The molecule has 1 amide bonds. The summed E-state index contributed by atoms with van der Waals surface area (Å²) in [6.45, 7) is 6.72. The van der Waals surface area contributed by atoms with E-state index in [0.717, 1.165) is 11.4 Å². The van der Waals surface area contributed by atoms with Crippen LogP contribution >= 0.6 is 0 Å². The first-order valence-electron chi connectivity index (χ1n) is 5.25. The Hall–Kier alpha value is -1.51. The molecule has 0 radical (unpaired) electrons. The first-order valence-corrected chi connectivity index (χ1v) is 5.25. The van der Waals surface area contributed by atoms with Crippen molar-refractivity contribution >= 4 is 17.3 Å². The highest BCUT2D eigenvalue weighted by Crippen LogP contribution is 2.31. The number of anilines is 2. The lowest BCUT2D eigenvalue weighted by molar-refractivity contribution is -0.115.